The lowest BCUT2D eigenvalue weighted by Gasteiger charge is -1.97. The summed E-state index contributed by atoms with van der Waals surface area (Å²) in [4.78, 5) is 4.20. The summed E-state index contributed by atoms with van der Waals surface area (Å²) in [7, 11) is 0. The van der Waals surface area contributed by atoms with Gasteiger partial charge in [-0.2, -0.15) is 5.10 Å². The van der Waals surface area contributed by atoms with Crippen LogP contribution in [0.2, 0.25) is 0 Å². The molecule has 0 aliphatic heterocycles. The number of fused-ring (bicyclic) bond motifs is 3. The molecule has 0 radical (unpaired) electrons. The summed E-state index contributed by atoms with van der Waals surface area (Å²) in [6, 6.07) is 10.2. The molecule has 3 nitrogen and oxygen atoms in total. The molecule has 0 aliphatic rings. The lowest BCUT2D eigenvalue weighted by molar-refractivity contribution is 0.966. The molecule has 2 heterocycles. The summed E-state index contributed by atoms with van der Waals surface area (Å²) < 4.78 is 1.78. The third-order valence-electron chi connectivity index (χ3n) is 2.17. The van der Waals surface area contributed by atoms with Gasteiger partial charge in [0.05, 0.1) is 0 Å². The highest BCUT2D eigenvalue weighted by Crippen LogP contribution is 2.16. The molecule has 62 valence electrons. The highest BCUT2D eigenvalue weighted by molar-refractivity contribution is 5.93. The van der Waals surface area contributed by atoms with Gasteiger partial charge in [-0.25, -0.2) is 9.50 Å². The first kappa shape index (κ1) is 6.60. The van der Waals surface area contributed by atoms with E-state index in [1.165, 1.54) is 5.39 Å². The fraction of sp³-hybridized carbons (Fsp3) is 0. The number of aromatic nitrogens is 3. The standard InChI is InChI=1S/C10H7N3/c1-2-4-9-8(3-1)5-6-13-10(9)11-7-12-13/h1-7H. The van der Waals surface area contributed by atoms with Crippen molar-refractivity contribution >= 4 is 16.4 Å². The van der Waals surface area contributed by atoms with Gasteiger partial charge < -0.3 is 0 Å². The highest BCUT2D eigenvalue weighted by atomic mass is 15.3. The van der Waals surface area contributed by atoms with Crippen LogP contribution in [-0.2, 0) is 0 Å². The zero-order valence-corrected chi connectivity index (χ0v) is 6.88. The molecule has 0 saturated heterocycles. The molecule has 3 heteroatoms. The third kappa shape index (κ3) is 0.839. The third-order valence-corrected chi connectivity index (χ3v) is 2.17. The first-order valence-electron chi connectivity index (χ1n) is 4.12. The van der Waals surface area contributed by atoms with Crippen molar-refractivity contribution in [2.45, 2.75) is 0 Å². The summed E-state index contributed by atoms with van der Waals surface area (Å²) in [5, 5.41) is 6.41. The molecule has 0 spiro atoms. The Labute approximate surface area is 74.6 Å². The van der Waals surface area contributed by atoms with E-state index in [1.807, 2.05) is 24.4 Å². The Kier molecular flexibility index (Phi) is 1.16. The van der Waals surface area contributed by atoms with Crippen LogP contribution in [0.1, 0.15) is 0 Å². The molecule has 2 aromatic heterocycles. The van der Waals surface area contributed by atoms with Crippen LogP contribution in [0.15, 0.2) is 42.9 Å². The summed E-state index contributed by atoms with van der Waals surface area (Å²) in [5.74, 6) is 0. The lowest BCUT2D eigenvalue weighted by atomic mass is 10.2. The molecule has 3 aromatic rings. The SMILES string of the molecule is c1ccc2c(c1)ccn1ncnc21. The number of pyridine rings is 1. The van der Waals surface area contributed by atoms with Gasteiger partial charge in [-0.05, 0) is 11.5 Å². The van der Waals surface area contributed by atoms with Crippen molar-refractivity contribution in [1.29, 1.82) is 0 Å². The van der Waals surface area contributed by atoms with E-state index < -0.39 is 0 Å². The number of hydrogen-bond donors (Lipinski definition) is 0. The maximum atomic E-state index is 4.20. The Hall–Kier alpha value is -1.90. The van der Waals surface area contributed by atoms with E-state index >= 15 is 0 Å². The molecule has 0 amide bonds. The molecule has 0 atom stereocenters. The number of rotatable bonds is 0. The zero-order valence-electron chi connectivity index (χ0n) is 6.88. The Morgan fingerprint density at radius 3 is 3.00 bits per heavy atom. The predicted octanol–water partition coefficient (Wildman–Crippen LogP) is 1.88. The number of benzene rings is 1. The van der Waals surface area contributed by atoms with Gasteiger partial charge in [0.2, 0.25) is 0 Å². The summed E-state index contributed by atoms with van der Waals surface area (Å²) in [6.45, 7) is 0. The van der Waals surface area contributed by atoms with Crippen LogP contribution in [0.4, 0.5) is 0 Å². The quantitative estimate of drug-likeness (QED) is 0.514. The average Bonchev–Trinajstić information content (AvgIpc) is 2.65. The predicted molar refractivity (Wildman–Crippen MR) is 50.5 cm³/mol. The Morgan fingerprint density at radius 2 is 2.00 bits per heavy atom. The Morgan fingerprint density at radius 1 is 1.08 bits per heavy atom. The van der Waals surface area contributed by atoms with E-state index in [9.17, 15) is 0 Å². The molecular weight excluding hydrogens is 162 g/mol. The second kappa shape index (κ2) is 2.29. The Bertz CT molecular complexity index is 568. The van der Waals surface area contributed by atoms with Crippen LogP contribution in [0.25, 0.3) is 16.4 Å². The van der Waals surface area contributed by atoms with Crippen LogP contribution in [0.3, 0.4) is 0 Å². The number of nitrogens with zero attached hydrogens (tertiary/aromatic N) is 3. The van der Waals surface area contributed by atoms with Crippen molar-refractivity contribution in [3.63, 3.8) is 0 Å². The van der Waals surface area contributed by atoms with E-state index in [2.05, 4.69) is 22.2 Å². The van der Waals surface area contributed by atoms with Gasteiger partial charge in [-0.1, -0.05) is 24.3 Å². The largest absolute Gasteiger partial charge is 0.221 e. The minimum Gasteiger partial charge on any atom is -0.221 e. The van der Waals surface area contributed by atoms with E-state index in [1.54, 1.807) is 10.8 Å². The van der Waals surface area contributed by atoms with Gasteiger partial charge in [-0.3, -0.25) is 0 Å². The molecular formula is C10H7N3. The molecule has 0 unspecified atom stereocenters. The van der Waals surface area contributed by atoms with Gasteiger partial charge in [0.1, 0.15) is 6.33 Å². The molecule has 13 heavy (non-hydrogen) atoms. The average molecular weight is 169 g/mol. The van der Waals surface area contributed by atoms with Crippen molar-refractivity contribution in [2.75, 3.05) is 0 Å². The van der Waals surface area contributed by atoms with E-state index in [0.717, 1.165) is 11.0 Å². The molecule has 0 aliphatic carbocycles. The second-order valence-corrected chi connectivity index (χ2v) is 2.93. The molecule has 0 fully saturated rings. The molecule has 3 rings (SSSR count). The molecule has 0 saturated carbocycles. The smallest absolute Gasteiger partial charge is 0.163 e. The van der Waals surface area contributed by atoms with Crippen molar-refractivity contribution in [2.24, 2.45) is 0 Å². The minimum absolute atomic E-state index is 0.915. The Balaban J connectivity index is 2.65. The van der Waals surface area contributed by atoms with E-state index in [0.29, 0.717) is 0 Å². The van der Waals surface area contributed by atoms with Crippen molar-refractivity contribution < 1.29 is 0 Å². The van der Waals surface area contributed by atoms with Gasteiger partial charge >= 0.3 is 0 Å². The van der Waals surface area contributed by atoms with Crippen LogP contribution < -0.4 is 0 Å². The second-order valence-electron chi connectivity index (χ2n) is 2.93. The fourth-order valence-electron chi connectivity index (χ4n) is 1.55. The summed E-state index contributed by atoms with van der Waals surface area (Å²) in [6.07, 6.45) is 3.49. The van der Waals surface area contributed by atoms with Gasteiger partial charge in [0, 0.05) is 11.6 Å². The maximum Gasteiger partial charge on any atom is 0.163 e. The van der Waals surface area contributed by atoms with Crippen LogP contribution >= 0.6 is 0 Å². The van der Waals surface area contributed by atoms with Crippen molar-refractivity contribution in [1.82, 2.24) is 14.6 Å². The topological polar surface area (TPSA) is 30.2 Å². The van der Waals surface area contributed by atoms with E-state index in [4.69, 9.17) is 0 Å². The van der Waals surface area contributed by atoms with Gasteiger partial charge in [-0.15, -0.1) is 0 Å². The first-order chi connectivity index (χ1) is 6.45. The molecule has 0 N–H and O–H groups in total. The van der Waals surface area contributed by atoms with E-state index in [-0.39, 0.29) is 0 Å². The maximum absolute atomic E-state index is 4.20. The molecule has 1 aromatic carbocycles. The zero-order chi connectivity index (χ0) is 8.67. The van der Waals surface area contributed by atoms with Gasteiger partial charge in [0.25, 0.3) is 0 Å². The normalized spacial score (nSPS) is 11.1. The van der Waals surface area contributed by atoms with Gasteiger partial charge in [0.15, 0.2) is 5.65 Å². The van der Waals surface area contributed by atoms with Crippen LogP contribution in [0, 0.1) is 0 Å². The van der Waals surface area contributed by atoms with Crippen molar-refractivity contribution in [3.8, 4) is 0 Å². The summed E-state index contributed by atoms with van der Waals surface area (Å²) in [5.41, 5.74) is 0.915. The fourth-order valence-corrected chi connectivity index (χ4v) is 1.55. The monoisotopic (exact) mass is 169 g/mol. The molecule has 0 bridgehead atoms. The first-order valence-corrected chi connectivity index (χ1v) is 4.12. The van der Waals surface area contributed by atoms with Crippen LogP contribution in [-0.4, -0.2) is 14.6 Å². The summed E-state index contributed by atoms with van der Waals surface area (Å²) >= 11 is 0. The lowest BCUT2D eigenvalue weighted by Crippen LogP contribution is -1.86. The minimum atomic E-state index is 0.915. The van der Waals surface area contributed by atoms with Crippen LogP contribution in [0.5, 0.6) is 0 Å². The van der Waals surface area contributed by atoms with Crippen molar-refractivity contribution in [3.05, 3.63) is 42.9 Å². The number of hydrogen-bond acceptors (Lipinski definition) is 2. The highest BCUT2D eigenvalue weighted by Gasteiger charge is 1.99.